The van der Waals surface area contributed by atoms with E-state index in [4.69, 9.17) is 0 Å². The molecule has 0 aliphatic carbocycles. The Hall–Kier alpha value is 0.110. The lowest BCUT2D eigenvalue weighted by atomic mass is 9.85. The van der Waals surface area contributed by atoms with E-state index in [9.17, 15) is 9.32 Å². The zero-order valence-electron chi connectivity index (χ0n) is 9.03. The summed E-state index contributed by atoms with van der Waals surface area (Å²) in [4.78, 5) is 0. The normalized spacial score (nSPS) is 47.3. The summed E-state index contributed by atoms with van der Waals surface area (Å²) in [5, 5.41) is 11.0. The maximum atomic E-state index is 11.8. The predicted molar refractivity (Wildman–Crippen MR) is 58.6 cm³/mol. The van der Waals surface area contributed by atoms with E-state index in [2.05, 4.69) is 13.8 Å². The first-order valence-electron chi connectivity index (χ1n) is 5.62. The van der Waals surface area contributed by atoms with Crippen LogP contribution >= 0.6 is 0 Å². The molecule has 1 N–H and O–H groups in total. The van der Waals surface area contributed by atoms with Gasteiger partial charge in [-0.1, -0.05) is 13.8 Å². The Morgan fingerprint density at radius 1 is 1.36 bits per heavy atom. The summed E-state index contributed by atoms with van der Waals surface area (Å²) in [6.45, 7) is 4.29. The Bertz CT molecular complexity index is 234. The molecule has 0 radical (unpaired) electrons. The highest BCUT2D eigenvalue weighted by Gasteiger charge is 2.47. The molecule has 2 fully saturated rings. The molecule has 2 heterocycles. The molecule has 2 unspecified atom stereocenters. The highest BCUT2D eigenvalue weighted by atomic mass is 32.2. The van der Waals surface area contributed by atoms with Gasteiger partial charge in [-0.15, -0.1) is 0 Å². The van der Waals surface area contributed by atoms with Gasteiger partial charge in [0.15, 0.2) is 0 Å². The summed E-state index contributed by atoms with van der Waals surface area (Å²) in [5.41, 5.74) is -0.506. The Morgan fingerprint density at radius 2 is 1.86 bits per heavy atom. The number of hydrogen-bond acceptors (Lipinski definition) is 2. The van der Waals surface area contributed by atoms with Crippen LogP contribution in [0.2, 0.25) is 0 Å². The zero-order chi connectivity index (χ0) is 10.3. The van der Waals surface area contributed by atoms with Crippen LogP contribution in [0, 0.1) is 5.92 Å². The molecule has 2 aliphatic heterocycles. The van der Waals surface area contributed by atoms with Gasteiger partial charge < -0.3 is 5.11 Å². The van der Waals surface area contributed by atoms with Crippen molar-refractivity contribution in [1.29, 1.82) is 0 Å². The SMILES string of the molecule is CC(C)CC1(O)CC2CCC(C1)S2=O. The van der Waals surface area contributed by atoms with Gasteiger partial charge in [-0.2, -0.15) is 0 Å². The zero-order valence-corrected chi connectivity index (χ0v) is 9.85. The van der Waals surface area contributed by atoms with Crippen LogP contribution in [0.1, 0.15) is 46.0 Å². The Balaban J connectivity index is 2.07. The maximum absolute atomic E-state index is 11.8. The van der Waals surface area contributed by atoms with Crippen LogP contribution in [0.4, 0.5) is 0 Å². The molecule has 2 atom stereocenters. The second-order valence-corrected chi connectivity index (χ2v) is 7.37. The lowest BCUT2D eigenvalue weighted by Gasteiger charge is -2.37. The highest BCUT2D eigenvalue weighted by molar-refractivity contribution is 7.86. The second-order valence-electron chi connectivity index (χ2n) is 5.38. The smallest absolute Gasteiger partial charge is 0.0673 e. The van der Waals surface area contributed by atoms with Crippen molar-refractivity contribution in [2.24, 2.45) is 5.92 Å². The van der Waals surface area contributed by atoms with Crippen molar-refractivity contribution in [2.75, 3.05) is 0 Å². The van der Waals surface area contributed by atoms with Crippen LogP contribution in [-0.4, -0.2) is 25.4 Å². The average Bonchev–Trinajstić information content (AvgIpc) is 2.33. The fourth-order valence-electron chi connectivity index (χ4n) is 3.10. The molecule has 2 saturated heterocycles. The summed E-state index contributed by atoms with van der Waals surface area (Å²) in [6, 6.07) is 0. The van der Waals surface area contributed by atoms with Gasteiger partial charge in [-0.25, -0.2) is 0 Å². The van der Waals surface area contributed by atoms with Gasteiger partial charge in [0.25, 0.3) is 0 Å². The summed E-state index contributed by atoms with van der Waals surface area (Å²) in [7, 11) is -0.640. The molecule has 0 aromatic rings. The quantitative estimate of drug-likeness (QED) is 0.764. The van der Waals surface area contributed by atoms with Gasteiger partial charge in [-0.3, -0.25) is 4.21 Å². The minimum atomic E-state index is -0.640. The summed E-state index contributed by atoms with van der Waals surface area (Å²) < 4.78 is 11.8. The standard InChI is InChI=1S/C11H20O2S/c1-8(2)5-11(12)6-9-3-4-10(7-11)14(9)13/h8-10,12H,3-7H2,1-2H3. The van der Waals surface area contributed by atoms with Gasteiger partial charge in [0.1, 0.15) is 0 Å². The Labute approximate surface area is 88.5 Å². The van der Waals surface area contributed by atoms with E-state index in [0.717, 1.165) is 32.1 Å². The third kappa shape index (κ3) is 1.89. The van der Waals surface area contributed by atoms with Crippen LogP contribution in [-0.2, 0) is 10.8 Å². The van der Waals surface area contributed by atoms with E-state index in [1.54, 1.807) is 0 Å². The molecule has 2 bridgehead atoms. The molecule has 2 rings (SSSR count). The lowest BCUT2D eigenvalue weighted by molar-refractivity contribution is 0.00328. The monoisotopic (exact) mass is 216 g/mol. The van der Waals surface area contributed by atoms with E-state index >= 15 is 0 Å². The number of aliphatic hydroxyl groups is 1. The van der Waals surface area contributed by atoms with Crippen LogP contribution in [0.3, 0.4) is 0 Å². The fourth-order valence-corrected chi connectivity index (χ4v) is 5.33. The van der Waals surface area contributed by atoms with Crippen molar-refractivity contribution in [3.05, 3.63) is 0 Å². The largest absolute Gasteiger partial charge is 0.390 e. The van der Waals surface area contributed by atoms with E-state index < -0.39 is 16.4 Å². The van der Waals surface area contributed by atoms with Gasteiger partial charge in [-0.05, 0) is 38.0 Å². The molecule has 0 spiro atoms. The molecular formula is C11H20O2S. The maximum Gasteiger partial charge on any atom is 0.0673 e. The first-order valence-corrected chi connectivity index (χ1v) is 6.89. The molecule has 2 aliphatic rings. The van der Waals surface area contributed by atoms with E-state index in [0.29, 0.717) is 5.92 Å². The van der Waals surface area contributed by atoms with Gasteiger partial charge in [0.05, 0.1) is 5.60 Å². The first kappa shape index (κ1) is 10.6. The third-order valence-electron chi connectivity index (χ3n) is 3.47. The van der Waals surface area contributed by atoms with Crippen LogP contribution in [0.5, 0.6) is 0 Å². The van der Waals surface area contributed by atoms with Gasteiger partial charge >= 0.3 is 0 Å². The van der Waals surface area contributed by atoms with Crippen molar-refractivity contribution in [1.82, 2.24) is 0 Å². The number of hydrogen-bond donors (Lipinski definition) is 1. The van der Waals surface area contributed by atoms with Crippen LogP contribution in [0.15, 0.2) is 0 Å². The van der Waals surface area contributed by atoms with Crippen molar-refractivity contribution in [3.8, 4) is 0 Å². The van der Waals surface area contributed by atoms with Crippen molar-refractivity contribution in [2.45, 2.75) is 62.1 Å². The molecule has 82 valence electrons. The minimum absolute atomic E-state index is 0.289. The number of rotatable bonds is 2. The summed E-state index contributed by atoms with van der Waals surface area (Å²) in [6.07, 6.45) is 4.55. The molecule has 0 saturated carbocycles. The van der Waals surface area contributed by atoms with E-state index in [-0.39, 0.29) is 10.5 Å². The second kappa shape index (κ2) is 3.60. The predicted octanol–water partition coefficient (Wildman–Crippen LogP) is 1.84. The third-order valence-corrected chi connectivity index (χ3v) is 5.59. The molecule has 14 heavy (non-hydrogen) atoms. The van der Waals surface area contributed by atoms with Crippen molar-refractivity contribution >= 4 is 10.8 Å². The molecule has 2 nitrogen and oxygen atoms in total. The fraction of sp³-hybridized carbons (Fsp3) is 1.00. The molecular weight excluding hydrogens is 196 g/mol. The van der Waals surface area contributed by atoms with Crippen LogP contribution in [0.25, 0.3) is 0 Å². The minimum Gasteiger partial charge on any atom is -0.390 e. The lowest BCUT2D eigenvalue weighted by Crippen LogP contribution is -2.43. The molecule has 0 aromatic carbocycles. The first-order chi connectivity index (χ1) is 6.50. The Morgan fingerprint density at radius 3 is 2.29 bits per heavy atom. The Kier molecular flexibility index (Phi) is 2.73. The summed E-state index contributed by atoms with van der Waals surface area (Å²) >= 11 is 0. The van der Waals surface area contributed by atoms with E-state index in [1.807, 2.05) is 0 Å². The van der Waals surface area contributed by atoms with E-state index in [1.165, 1.54) is 0 Å². The molecule has 0 amide bonds. The van der Waals surface area contributed by atoms with Crippen molar-refractivity contribution < 1.29 is 9.32 Å². The van der Waals surface area contributed by atoms with Gasteiger partial charge in [0.2, 0.25) is 0 Å². The average molecular weight is 216 g/mol. The topological polar surface area (TPSA) is 37.3 Å². The number of fused-ring (bicyclic) bond motifs is 2. The molecule has 3 heteroatoms. The van der Waals surface area contributed by atoms with Crippen LogP contribution < -0.4 is 0 Å². The highest BCUT2D eigenvalue weighted by Crippen LogP contribution is 2.43. The van der Waals surface area contributed by atoms with Crippen molar-refractivity contribution in [3.63, 3.8) is 0 Å². The summed E-state index contributed by atoms with van der Waals surface area (Å²) in [5.74, 6) is 0.533. The molecule has 0 aromatic heterocycles. The van der Waals surface area contributed by atoms with Gasteiger partial charge in [0, 0.05) is 21.3 Å².